The molecule has 0 bridgehead atoms. The predicted octanol–water partition coefficient (Wildman–Crippen LogP) is 3.12. The quantitative estimate of drug-likeness (QED) is 0.521. The molecular formula is C12H23N. The lowest BCUT2D eigenvalue weighted by molar-refractivity contribution is 0.355. The lowest BCUT2D eigenvalue weighted by atomic mass is 9.79. The van der Waals surface area contributed by atoms with E-state index in [4.69, 9.17) is 0 Å². The van der Waals surface area contributed by atoms with Crippen molar-refractivity contribution < 1.29 is 0 Å². The summed E-state index contributed by atoms with van der Waals surface area (Å²) in [6, 6.07) is 0. The zero-order valence-electron chi connectivity index (χ0n) is 9.32. The van der Waals surface area contributed by atoms with Gasteiger partial charge < -0.3 is 5.32 Å². The summed E-state index contributed by atoms with van der Waals surface area (Å²) in [6.45, 7) is 9.26. The normalized spacial score (nSPS) is 25.0. The van der Waals surface area contributed by atoms with Crippen LogP contribution in [0.15, 0.2) is 11.6 Å². The Hall–Kier alpha value is -0.300. The topological polar surface area (TPSA) is 12.0 Å². The van der Waals surface area contributed by atoms with Crippen LogP contribution in [0.1, 0.15) is 46.5 Å². The van der Waals surface area contributed by atoms with Gasteiger partial charge in [-0.15, -0.1) is 0 Å². The van der Waals surface area contributed by atoms with Gasteiger partial charge in [0, 0.05) is 6.54 Å². The first kappa shape index (κ1) is 10.8. The zero-order valence-corrected chi connectivity index (χ0v) is 9.32. The summed E-state index contributed by atoms with van der Waals surface area (Å²) in [5.74, 6) is 0. The summed E-state index contributed by atoms with van der Waals surface area (Å²) >= 11 is 0. The summed E-state index contributed by atoms with van der Waals surface area (Å²) in [5.41, 5.74) is 2.06. The smallest absolute Gasteiger partial charge is 0.00400 e. The van der Waals surface area contributed by atoms with Gasteiger partial charge in [-0.05, 0) is 24.8 Å². The second-order valence-corrected chi connectivity index (χ2v) is 4.68. The molecule has 0 amide bonds. The average molecular weight is 181 g/mol. The van der Waals surface area contributed by atoms with Gasteiger partial charge in [0.15, 0.2) is 0 Å². The highest BCUT2D eigenvalue weighted by atomic mass is 14.9. The van der Waals surface area contributed by atoms with Gasteiger partial charge >= 0.3 is 0 Å². The van der Waals surface area contributed by atoms with Gasteiger partial charge in [-0.2, -0.15) is 0 Å². The summed E-state index contributed by atoms with van der Waals surface area (Å²) < 4.78 is 0. The molecule has 1 aliphatic heterocycles. The minimum Gasteiger partial charge on any atom is -0.316 e. The van der Waals surface area contributed by atoms with E-state index in [2.05, 4.69) is 32.2 Å². The molecule has 0 aromatic rings. The highest BCUT2D eigenvalue weighted by Crippen LogP contribution is 2.31. The molecule has 0 aromatic heterocycles. The second-order valence-electron chi connectivity index (χ2n) is 4.68. The van der Waals surface area contributed by atoms with Crippen molar-refractivity contribution in [3.8, 4) is 0 Å². The van der Waals surface area contributed by atoms with Crippen molar-refractivity contribution >= 4 is 0 Å². The Morgan fingerprint density at radius 1 is 1.46 bits per heavy atom. The van der Waals surface area contributed by atoms with Gasteiger partial charge in [-0.1, -0.05) is 45.3 Å². The zero-order chi connectivity index (χ0) is 9.73. The van der Waals surface area contributed by atoms with Gasteiger partial charge in [0.1, 0.15) is 0 Å². The van der Waals surface area contributed by atoms with E-state index >= 15 is 0 Å². The van der Waals surface area contributed by atoms with Crippen LogP contribution in [0.25, 0.3) is 0 Å². The van der Waals surface area contributed by atoms with Crippen LogP contribution < -0.4 is 5.32 Å². The first-order valence-corrected chi connectivity index (χ1v) is 5.57. The van der Waals surface area contributed by atoms with E-state index in [1.807, 2.05) is 0 Å². The van der Waals surface area contributed by atoms with Crippen molar-refractivity contribution in [3.63, 3.8) is 0 Å². The highest BCUT2D eigenvalue weighted by Gasteiger charge is 2.25. The maximum Gasteiger partial charge on any atom is 0.00400 e. The third kappa shape index (κ3) is 3.15. The molecule has 0 spiro atoms. The van der Waals surface area contributed by atoms with Crippen LogP contribution in [-0.2, 0) is 0 Å². The fourth-order valence-electron chi connectivity index (χ4n) is 1.93. The number of unbranched alkanes of at least 4 members (excludes halogenated alkanes) is 2. The Bertz CT molecular complexity index is 180. The number of piperidine rings is 1. The van der Waals surface area contributed by atoms with E-state index in [0.29, 0.717) is 5.41 Å². The summed E-state index contributed by atoms with van der Waals surface area (Å²) in [7, 11) is 0. The maximum absolute atomic E-state index is 3.45. The molecule has 1 saturated heterocycles. The summed E-state index contributed by atoms with van der Waals surface area (Å²) in [5, 5.41) is 3.45. The fraction of sp³-hybridized carbons (Fsp3) is 0.833. The van der Waals surface area contributed by atoms with E-state index in [1.54, 1.807) is 5.57 Å². The highest BCUT2D eigenvalue weighted by molar-refractivity contribution is 5.15. The maximum atomic E-state index is 3.45. The van der Waals surface area contributed by atoms with Crippen LogP contribution in [0.3, 0.4) is 0 Å². The van der Waals surface area contributed by atoms with Crippen LogP contribution in [0, 0.1) is 5.41 Å². The predicted molar refractivity (Wildman–Crippen MR) is 58.9 cm³/mol. The number of hydrogen-bond acceptors (Lipinski definition) is 1. The summed E-state index contributed by atoms with van der Waals surface area (Å²) in [4.78, 5) is 0. The van der Waals surface area contributed by atoms with Crippen LogP contribution in [0.4, 0.5) is 0 Å². The van der Waals surface area contributed by atoms with E-state index in [1.165, 1.54) is 32.2 Å². The SMILES string of the molecule is CCCC/C=C1/CCNCC1(C)C. The molecule has 0 aliphatic carbocycles. The molecule has 0 saturated carbocycles. The third-order valence-corrected chi connectivity index (χ3v) is 2.96. The van der Waals surface area contributed by atoms with Gasteiger partial charge in [0.05, 0.1) is 0 Å². The van der Waals surface area contributed by atoms with Gasteiger partial charge in [-0.25, -0.2) is 0 Å². The molecule has 0 aromatic carbocycles. The minimum atomic E-state index is 0.395. The molecule has 1 aliphatic rings. The van der Waals surface area contributed by atoms with Crippen LogP contribution in [-0.4, -0.2) is 13.1 Å². The lowest BCUT2D eigenvalue weighted by Gasteiger charge is -2.33. The first-order valence-electron chi connectivity index (χ1n) is 5.57. The second kappa shape index (κ2) is 4.80. The molecule has 0 unspecified atom stereocenters. The molecule has 1 heterocycles. The lowest BCUT2D eigenvalue weighted by Crippen LogP contribution is -2.37. The van der Waals surface area contributed by atoms with Crippen molar-refractivity contribution in [2.75, 3.05) is 13.1 Å². The molecule has 0 atom stereocenters. The van der Waals surface area contributed by atoms with Crippen molar-refractivity contribution in [1.29, 1.82) is 0 Å². The number of nitrogens with one attached hydrogen (secondary N) is 1. The molecule has 1 fully saturated rings. The molecular weight excluding hydrogens is 158 g/mol. The molecule has 1 N–H and O–H groups in total. The summed E-state index contributed by atoms with van der Waals surface area (Å²) in [6.07, 6.45) is 7.64. The number of rotatable bonds is 3. The molecule has 1 nitrogen and oxygen atoms in total. The minimum absolute atomic E-state index is 0.395. The van der Waals surface area contributed by atoms with Crippen LogP contribution in [0.5, 0.6) is 0 Å². The van der Waals surface area contributed by atoms with E-state index in [9.17, 15) is 0 Å². The van der Waals surface area contributed by atoms with E-state index in [0.717, 1.165) is 6.54 Å². The molecule has 76 valence electrons. The Morgan fingerprint density at radius 2 is 2.23 bits per heavy atom. The van der Waals surface area contributed by atoms with Crippen molar-refractivity contribution in [1.82, 2.24) is 5.32 Å². The monoisotopic (exact) mass is 181 g/mol. The van der Waals surface area contributed by atoms with Gasteiger partial charge in [-0.3, -0.25) is 0 Å². The van der Waals surface area contributed by atoms with Crippen molar-refractivity contribution in [3.05, 3.63) is 11.6 Å². The first-order chi connectivity index (χ1) is 6.17. The van der Waals surface area contributed by atoms with E-state index in [-0.39, 0.29) is 0 Å². The van der Waals surface area contributed by atoms with Crippen molar-refractivity contribution in [2.45, 2.75) is 46.5 Å². The molecule has 0 radical (unpaired) electrons. The van der Waals surface area contributed by atoms with Crippen LogP contribution >= 0.6 is 0 Å². The van der Waals surface area contributed by atoms with Crippen LogP contribution in [0.2, 0.25) is 0 Å². The van der Waals surface area contributed by atoms with Crippen molar-refractivity contribution in [2.24, 2.45) is 5.41 Å². The molecule has 1 heteroatoms. The molecule has 13 heavy (non-hydrogen) atoms. The third-order valence-electron chi connectivity index (χ3n) is 2.96. The molecule has 1 rings (SSSR count). The standard InChI is InChI=1S/C12H23N/c1-4-5-6-7-11-8-9-13-10-12(11,2)3/h7,13H,4-6,8-10H2,1-3H3/b11-7-. The van der Waals surface area contributed by atoms with Gasteiger partial charge in [0.2, 0.25) is 0 Å². The fourth-order valence-corrected chi connectivity index (χ4v) is 1.93. The Kier molecular flexibility index (Phi) is 3.98. The Balaban J connectivity index is 2.49. The average Bonchev–Trinajstić information content (AvgIpc) is 2.08. The number of hydrogen-bond donors (Lipinski definition) is 1. The van der Waals surface area contributed by atoms with E-state index < -0.39 is 0 Å². The Morgan fingerprint density at radius 3 is 2.85 bits per heavy atom. The number of allylic oxidation sites excluding steroid dienone is 1. The van der Waals surface area contributed by atoms with Gasteiger partial charge in [0.25, 0.3) is 0 Å². The Labute approximate surface area is 82.6 Å². The largest absolute Gasteiger partial charge is 0.316 e.